The number of nitrogens with zero attached hydrogens (tertiary/aromatic N) is 1. The van der Waals surface area contributed by atoms with Crippen LogP contribution in [0.25, 0.3) is 0 Å². The van der Waals surface area contributed by atoms with Crippen molar-refractivity contribution in [2.75, 3.05) is 18.8 Å². The Bertz CT molecular complexity index is 439. The zero-order valence-electron chi connectivity index (χ0n) is 14.0. The highest BCUT2D eigenvalue weighted by Gasteiger charge is 2.18. The van der Waals surface area contributed by atoms with E-state index in [-0.39, 0.29) is 5.54 Å². The first-order chi connectivity index (χ1) is 9.96. The van der Waals surface area contributed by atoms with Gasteiger partial charge in [0.05, 0.1) is 0 Å². The van der Waals surface area contributed by atoms with Crippen LogP contribution in [0.1, 0.15) is 45.2 Å². The molecule has 0 bridgehead atoms. The third kappa shape index (κ3) is 6.01. The summed E-state index contributed by atoms with van der Waals surface area (Å²) >= 11 is 2.14. The SMILES string of the molecule is CCC1CN(Cc2cccc(CNC(C)(C)C)c2)CCS1. The molecule has 1 fully saturated rings. The zero-order chi connectivity index (χ0) is 15.3. The number of nitrogens with one attached hydrogen (secondary N) is 1. The lowest BCUT2D eigenvalue weighted by Gasteiger charge is -2.32. The average Bonchev–Trinajstić information content (AvgIpc) is 2.45. The molecule has 1 aromatic carbocycles. The smallest absolute Gasteiger partial charge is 0.0234 e. The van der Waals surface area contributed by atoms with Gasteiger partial charge in [0.1, 0.15) is 0 Å². The monoisotopic (exact) mass is 306 g/mol. The predicted molar refractivity (Wildman–Crippen MR) is 94.8 cm³/mol. The van der Waals surface area contributed by atoms with E-state index < -0.39 is 0 Å². The molecule has 118 valence electrons. The van der Waals surface area contributed by atoms with Crippen molar-refractivity contribution >= 4 is 11.8 Å². The number of benzene rings is 1. The van der Waals surface area contributed by atoms with Crippen molar-refractivity contribution < 1.29 is 0 Å². The molecule has 0 aromatic heterocycles. The van der Waals surface area contributed by atoms with Crippen molar-refractivity contribution in [2.24, 2.45) is 0 Å². The van der Waals surface area contributed by atoms with Crippen LogP contribution >= 0.6 is 11.8 Å². The molecule has 1 N–H and O–H groups in total. The Morgan fingerprint density at radius 1 is 1.29 bits per heavy atom. The molecule has 1 atom stereocenters. The van der Waals surface area contributed by atoms with E-state index in [4.69, 9.17) is 0 Å². The summed E-state index contributed by atoms with van der Waals surface area (Å²) in [7, 11) is 0. The summed E-state index contributed by atoms with van der Waals surface area (Å²) in [5.41, 5.74) is 3.01. The van der Waals surface area contributed by atoms with Crippen LogP contribution in [0.4, 0.5) is 0 Å². The van der Waals surface area contributed by atoms with E-state index in [1.807, 2.05) is 0 Å². The second-order valence-electron chi connectivity index (χ2n) is 7.06. The first kappa shape index (κ1) is 16.9. The van der Waals surface area contributed by atoms with E-state index in [9.17, 15) is 0 Å². The highest BCUT2D eigenvalue weighted by Crippen LogP contribution is 2.22. The fraction of sp³-hybridized carbons (Fsp3) is 0.667. The molecule has 1 aliphatic rings. The van der Waals surface area contributed by atoms with Crippen molar-refractivity contribution in [1.82, 2.24) is 10.2 Å². The Labute approximate surface area is 134 Å². The molecule has 1 heterocycles. The van der Waals surface area contributed by atoms with Gasteiger partial charge in [-0.25, -0.2) is 0 Å². The standard InChI is InChI=1S/C18H30N2S/c1-5-17-14-20(9-10-21-17)13-16-8-6-7-15(11-16)12-19-18(2,3)4/h6-8,11,17,19H,5,9-10,12-14H2,1-4H3. The first-order valence-corrected chi connectivity index (χ1v) is 9.18. The topological polar surface area (TPSA) is 15.3 Å². The lowest BCUT2D eigenvalue weighted by atomic mass is 10.1. The van der Waals surface area contributed by atoms with Gasteiger partial charge in [-0.15, -0.1) is 0 Å². The van der Waals surface area contributed by atoms with Crippen molar-refractivity contribution in [3.63, 3.8) is 0 Å². The maximum absolute atomic E-state index is 3.57. The first-order valence-electron chi connectivity index (χ1n) is 8.13. The Morgan fingerprint density at radius 2 is 2.05 bits per heavy atom. The number of hydrogen-bond donors (Lipinski definition) is 1. The lowest BCUT2D eigenvalue weighted by Crippen LogP contribution is -2.37. The van der Waals surface area contributed by atoms with Crippen LogP contribution in [0.3, 0.4) is 0 Å². The molecule has 0 spiro atoms. The largest absolute Gasteiger partial charge is 0.308 e. The second kappa shape index (κ2) is 7.66. The Balaban J connectivity index is 1.91. The molecule has 3 heteroatoms. The zero-order valence-corrected chi connectivity index (χ0v) is 14.8. The van der Waals surface area contributed by atoms with Crippen LogP contribution in [-0.2, 0) is 13.1 Å². The van der Waals surface area contributed by atoms with E-state index in [1.165, 1.54) is 36.4 Å². The van der Waals surface area contributed by atoms with E-state index in [0.717, 1.165) is 18.3 Å². The van der Waals surface area contributed by atoms with Crippen LogP contribution in [-0.4, -0.2) is 34.5 Å². The average molecular weight is 307 g/mol. The van der Waals surface area contributed by atoms with Crippen LogP contribution in [0.2, 0.25) is 0 Å². The van der Waals surface area contributed by atoms with E-state index in [2.05, 4.69) is 73.9 Å². The van der Waals surface area contributed by atoms with E-state index in [1.54, 1.807) is 0 Å². The van der Waals surface area contributed by atoms with Gasteiger partial charge in [-0.3, -0.25) is 4.90 Å². The van der Waals surface area contributed by atoms with Crippen molar-refractivity contribution in [2.45, 2.75) is 58.0 Å². The van der Waals surface area contributed by atoms with Crippen molar-refractivity contribution in [3.05, 3.63) is 35.4 Å². The van der Waals surface area contributed by atoms with Crippen LogP contribution < -0.4 is 5.32 Å². The van der Waals surface area contributed by atoms with Crippen LogP contribution in [0.15, 0.2) is 24.3 Å². The Morgan fingerprint density at radius 3 is 2.76 bits per heavy atom. The molecule has 1 aromatic rings. The van der Waals surface area contributed by atoms with Crippen molar-refractivity contribution in [3.8, 4) is 0 Å². The molecular formula is C18H30N2S. The number of hydrogen-bond acceptors (Lipinski definition) is 3. The summed E-state index contributed by atoms with van der Waals surface area (Å²) in [6.45, 7) is 13.5. The summed E-state index contributed by atoms with van der Waals surface area (Å²) in [5, 5.41) is 4.39. The fourth-order valence-corrected chi connectivity index (χ4v) is 3.88. The molecule has 2 rings (SSSR count). The third-order valence-corrected chi connectivity index (χ3v) is 5.27. The third-order valence-electron chi connectivity index (χ3n) is 3.90. The van der Waals surface area contributed by atoms with Gasteiger partial charge < -0.3 is 5.32 Å². The van der Waals surface area contributed by atoms with Gasteiger partial charge in [0.2, 0.25) is 0 Å². The number of thioether (sulfide) groups is 1. The molecule has 1 aliphatic heterocycles. The molecule has 0 aliphatic carbocycles. The minimum atomic E-state index is 0.175. The van der Waals surface area contributed by atoms with E-state index >= 15 is 0 Å². The molecule has 0 amide bonds. The maximum atomic E-state index is 3.57. The van der Waals surface area contributed by atoms with Gasteiger partial charge in [-0.2, -0.15) is 11.8 Å². The summed E-state index contributed by atoms with van der Waals surface area (Å²) in [6.07, 6.45) is 1.29. The molecule has 1 saturated heterocycles. The molecular weight excluding hydrogens is 276 g/mol. The molecule has 0 radical (unpaired) electrons. The molecule has 0 saturated carbocycles. The Hall–Kier alpha value is -0.510. The van der Waals surface area contributed by atoms with Crippen molar-refractivity contribution in [1.29, 1.82) is 0 Å². The summed E-state index contributed by atoms with van der Waals surface area (Å²) in [5.74, 6) is 1.28. The van der Waals surface area contributed by atoms with Gasteiger partial charge in [0.25, 0.3) is 0 Å². The summed E-state index contributed by atoms with van der Waals surface area (Å²) < 4.78 is 0. The minimum absolute atomic E-state index is 0.175. The molecule has 21 heavy (non-hydrogen) atoms. The molecule has 2 nitrogen and oxygen atoms in total. The fourth-order valence-electron chi connectivity index (χ4n) is 2.63. The number of rotatable bonds is 5. The molecule has 1 unspecified atom stereocenters. The lowest BCUT2D eigenvalue weighted by molar-refractivity contribution is 0.273. The van der Waals surface area contributed by atoms with Gasteiger partial charge >= 0.3 is 0 Å². The van der Waals surface area contributed by atoms with Crippen LogP contribution in [0.5, 0.6) is 0 Å². The maximum Gasteiger partial charge on any atom is 0.0234 e. The summed E-state index contributed by atoms with van der Waals surface area (Å²) in [6, 6.07) is 9.05. The second-order valence-corrected chi connectivity index (χ2v) is 8.47. The van der Waals surface area contributed by atoms with Gasteiger partial charge in [-0.1, -0.05) is 31.2 Å². The van der Waals surface area contributed by atoms with Gasteiger partial charge in [-0.05, 0) is 38.3 Å². The van der Waals surface area contributed by atoms with Gasteiger partial charge in [0.15, 0.2) is 0 Å². The highest BCUT2D eigenvalue weighted by atomic mass is 32.2. The van der Waals surface area contributed by atoms with Gasteiger partial charge in [0, 0.05) is 42.7 Å². The minimum Gasteiger partial charge on any atom is -0.308 e. The highest BCUT2D eigenvalue weighted by molar-refractivity contribution is 8.00. The van der Waals surface area contributed by atoms with Crippen LogP contribution in [0, 0.1) is 0 Å². The normalized spacial score (nSPS) is 20.7. The quantitative estimate of drug-likeness (QED) is 0.888. The predicted octanol–water partition coefficient (Wildman–Crippen LogP) is 3.90. The summed E-state index contributed by atoms with van der Waals surface area (Å²) in [4.78, 5) is 2.61. The Kier molecular flexibility index (Phi) is 6.15. The van der Waals surface area contributed by atoms with E-state index in [0.29, 0.717) is 0 Å².